The van der Waals surface area contributed by atoms with Gasteiger partial charge in [-0.1, -0.05) is 44.7 Å². The first-order valence-electron chi connectivity index (χ1n) is 6.22. The number of rotatable bonds is 1. The van der Waals surface area contributed by atoms with Crippen LogP contribution in [0.1, 0.15) is 39.5 Å². The molecule has 1 aliphatic rings. The molecule has 0 saturated heterocycles. The van der Waals surface area contributed by atoms with E-state index in [1.807, 2.05) is 0 Å². The van der Waals surface area contributed by atoms with Gasteiger partial charge in [0.25, 0.3) is 0 Å². The van der Waals surface area contributed by atoms with Gasteiger partial charge >= 0.3 is 0 Å². The van der Waals surface area contributed by atoms with Crippen LogP contribution in [0.2, 0.25) is 0 Å². The molecule has 90 valence electrons. The Morgan fingerprint density at radius 1 is 1.25 bits per heavy atom. The van der Waals surface area contributed by atoms with Gasteiger partial charge in [-0.3, -0.25) is 0 Å². The first-order chi connectivity index (χ1) is 7.50. The van der Waals surface area contributed by atoms with Crippen LogP contribution in [0.15, 0.2) is 36.5 Å². The van der Waals surface area contributed by atoms with Crippen molar-refractivity contribution in [3.05, 3.63) is 36.5 Å². The molecule has 0 bridgehead atoms. The molecule has 0 spiro atoms. The monoisotopic (exact) mass is 220 g/mol. The molecule has 1 N–H and O–H groups in total. The summed E-state index contributed by atoms with van der Waals surface area (Å²) in [6, 6.07) is 0. The third-order valence-electron chi connectivity index (χ3n) is 3.44. The standard InChI is InChI=1S/C15H24O/c1-11(2)14-8-5-12(3)6-10-15(16)13(4)7-9-14/h5,8,11,14-16H,3-4,6-7,9-10H2,1-2H3/b8-5+/t14-,15?/m1/s1. The zero-order chi connectivity index (χ0) is 12.1. The maximum atomic E-state index is 9.88. The van der Waals surface area contributed by atoms with E-state index in [1.54, 1.807) is 0 Å². The van der Waals surface area contributed by atoms with E-state index in [-0.39, 0.29) is 6.10 Å². The van der Waals surface area contributed by atoms with Crippen molar-refractivity contribution in [3.63, 3.8) is 0 Å². The van der Waals surface area contributed by atoms with Gasteiger partial charge in [0.15, 0.2) is 0 Å². The minimum atomic E-state index is -0.351. The number of aliphatic hydroxyl groups is 1. The van der Waals surface area contributed by atoms with Gasteiger partial charge in [-0.25, -0.2) is 0 Å². The van der Waals surface area contributed by atoms with Crippen LogP contribution in [0.4, 0.5) is 0 Å². The molecule has 0 saturated carbocycles. The van der Waals surface area contributed by atoms with Gasteiger partial charge in [-0.2, -0.15) is 0 Å². The number of hydrogen-bond donors (Lipinski definition) is 1. The van der Waals surface area contributed by atoms with Gasteiger partial charge in [0.1, 0.15) is 0 Å². The summed E-state index contributed by atoms with van der Waals surface area (Å²) in [6.07, 6.45) is 7.69. The van der Waals surface area contributed by atoms with E-state index in [0.29, 0.717) is 11.8 Å². The fourth-order valence-electron chi connectivity index (χ4n) is 2.04. The van der Waals surface area contributed by atoms with Gasteiger partial charge in [-0.15, -0.1) is 0 Å². The minimum absolute atomic E-state index is 0.351. The lowest BCUT2D eigenvalue weighted by atomic mass is 9.86. The summed E-state index contributed by atoms with van der Waals surface area (Å²) in [4.78, 5) is 0. The Morgan fingerprint density at radius 3 is 2.56 bits per heavy atom. The Hall–Kier alpha value is -0.820. The summed E-state index contributed by atoms with van der Waals surface area (Å²) >= 11 is 0. The molecular weight excluding hydrogens is 196 g/mol. The van der Waals surface area contributed by atoms with Crippen LogP contribution in [0.3, 0.4) is 0 Å². The second-order valence-electron chi connectivity index (χ2n) is 5.18. The lowest BCUT2D eigenvalue weighted by Gasteiger charge is -2.21. The normalized spacial score (nSPS) is 30.5. The van der Waals surface area contributed by atoms with E-state index in [4.69, 9.17) is 0 Å². The summed E-state index contributed by atoms with van der Waals surface area (Å²) in [5.74, 6) is 1.20. The maximum absolute atomic E-state index is 9.88. The van der Waals surface area contributed by atoms with E-state index < -0.39 is 0 Å². The Kier molecular flexibility index (Phi) is 5.01. The highest BCUT2D eigenvalue weighted by molar-refractivity contribution is 5.17. The Labute approximate surface area is 99.6 Å². The summed E-state index contributed by atoms with van der Waals surface area (Å²) in [5.41, 5.74) is 2.09. The topological polar surface area (TPSA) is 20.2 Å². The first kappa shape index (κ1) is 13.2. The third-order valence-corrected chi connectivity index (χ3v) is 3.44. The zero-order valence-corrected chi connectivity index (χ0v) is 10.6. The molecule has 0 aliphatic heterocycles. The zero-order valence-electron chi connectivity index (χ0n) is 10.6. The fourth-order valence-corrected chi connectivity index (χ4v) is 2.04. The highest BCUT2D eigenvalue weighted by Gasteiger charge is 2.15. The van der Waals surface area contributed by atoms with Crippen molar-refractivity contribution in [2.45, 2.75) is 45.6 Å². The highest BCUT2D eigenvalue weighted by atomic mass is 16.3. The Bertz CT molecular complexity index is 286. The van der Waals surface area contributed by atoms with Crippen LogP contribution >= 0.6 is 0 Å². The van der Waals surface area contributed by atoms with Crippen LogP contribution in [0, 0.1) is 11.8 Å². The van der Waals surface area contributed by atoms with Gasteiger partial charge in [0.2, 0.25) is 0 Å². The highest BCUT2D eigenvalue weighted by Crippen LogP contribution is 2.25. The van der Waals surface area contributed by atoms with Gasteiger partial charge in [0, 0.05) is 0 Å². The molecule has 0 radical (unpaired) electrons. The molecule has 1 aliphatic carbocycles. The molecular formula is C15H24O. The number of hydrogen-bond acceptors (Lipinski definition) is 1. The molecule has 16 heavy (non-hydrogen) atoms. The Morgan fingerprint density at radius 2 is 1.94 bits per heavy atom. The van der Waals surface area contributed by atoms with E-state index in [2.05, 4.69) is 39.2 Å². The predicted octanol–water partition coefficient (Wildman–Crippen LogP) is 3.86. The number of allylic oxidation sites excluding steroid dienone is 3. The van der Waals surface area contributed by atoms with Crippen molar-refractivity contribution in [1.29, 1.82) is 0 Å². The van der Waals surface area contributed by atoms with E-state index >= 15 is 0 Å². The van der Waals surface area contributed by atoms with Crippen molar-refractivity contribution >= 4 is 0 Å². The van der Waals surface area contributed by atoms with Crippen LogP contribution in [0.25, 0.3) is 0 Å². The molecule has 1 unspecified atom stereocenters. The summed E-state index contributed by atoms with van der Waals surface area (Å²) in [5, 5.41) is 9.88. The van der Waals surface area contributed by atoms with Gasteiger partial charge < -0.3 is 5.11 Å². The van der Waals surface area contributed by atoms with Crippen molar-refractivity contribution in [1.82, 2.24) is 0 Å². The van der Waals surface area contributed by atoms with Crippen LogP contribution in [-0.2, 0) is 0 Å². The van der Waals surface area contributed by atoms with Gasteiger partial charge in [-0.05, 0) is 43.1 Å². The van der Waals surface area contributed by atoms with E-state index in [9.17, 15) is 5.11 Å². The third kappa shape index (κ3) is 3.97. The first-order valence-corrected chi connectivity index (χ1v) is 6.22. The molecule has 1 rings (SSSR count). The van der Waals surface area contributed by atoms with Gasteiger partial charge in [0.05, 0.1) is 6.10 Å². The average Bonchev–Trinajstić information content (AvgIpc) is 2.23. The van der Waals surface area contributed by atoms with Crippen LogP contribution < -0.4 is 0 Å². The molecule has 0 heterocycles. The van der Waals surface area contributed by atoms with E-state index in [1.165, 1.54) is 0 Å². The fraction of sp³-hybridized carbons (Fsp3) is 0.600. The Balaban J connectivity index is 2.75. The molecule has 1 nitrogen and oxygen atoms in total. The summed E-state index contributed by atoms with van der Waals surface area (Å²) in [7, 11) is 0. The van der Waals surface area contributed by atoms with Crippen molar-refractivity contribution < 1.29 is 5.11 Å². The molecule has 0 fully saturated rings. The second kappa shape index (κ2) is 6.05. The second-order valence-corrected chi connectivity index (χ2v) is 5.18. The van der Waals surface area contributed by atoms with Crippen LogP contribution in [-0.4, -0.2) is 11.2 Å². The SMILES string of the molecule is C=C1/C=C/[C@@H](C(C)C)CCC(=C)C(O)CC1. The lowest BCUT2D eigenvalue weighted by Crippen LogP contribution is -2.13. The summed E-state index contributed by atoms with van der Waals surface area (Å²) < 4.78 is 0. The van der Waals surface area contributed by atoms with Crippen molar-refractivity contribution in [2.24, 2.45) is 11.8 Å². The number of aliphatic hydroxyl groups excluding tert-OH is 1. The maximum Gasteiger partial charge on any atom is 0.0750 e. The van der Waals surface area contributed by atoms with E-state index in [0.717, 1.165) is 36.8 Å². The van der Waals surface area contributed by atoms with Crippen molar-refractivity contribution in [3.8, 4) is 0 Å². The largest absolute Gasteiger partial charge is 0.389 e. The molecule has 1 heteroatoms. The molecule has 0 aromatic carbocycles. The quantitative estimate of drug-likeness (QED) is 0.665. The molecule has 0 amide bonds. The lowest BCUT2D eigenvalue weighted by molar-refractivity contribution is 0.195. The van der Waals surface area contributed by atoms with Crippen LogP contribution in [0.5, 0.6) is 0 Å². The summed E-state index contributed by atoms with van der Waals surface area (Å²) in [6.45, 7) is 12.5. The molecule has 0 aromatic rings. The molecule has 0 aromatic heterocycles. The van der Waals surface area contributed by atoms with Crippen molar-refractivity contribution in [2.75, 3.05) is 0 Å². The minimum Gasteiger partial charge on any atom is -0.389 e. The smallest absolute Gasteiger partial charge is 0.0750 e. The predicted molar refractivity (Wildman–Crippen MR) is 70.2 cm³/mol. The average molecular weight is 220 g/mol. The molecule has 2 atom stereocenters.